The maximum atomic E-state index is 12.9. The van der Waals surface area contributed by atoms with Gasteiger partial charge in [0, 0.05) is 20.2 Å². The first kappa shape index (κ1) is 18.4. The molecule has 0 saturated heterocycles. The molecule has 5 nitrogen and oxygen atoms in total. The lowest BCUT2D eigenvalue weighted by Crippen LogP contribution is -2.35. The lowest BCUT2D eigenvalue weighted by molar-refractivity contribution is -0.134. The summed E-state index contributed by atoms with van der Waals surface area (Å²) in [5.74, 6) is -0.0852. The third kappa shape index (κ3) is 3.55. The van der Waals surface area contributed by atoms with Gasteiger partial charge in [0.05, 0.1) is 29.2 Å². The van der Waals surface area contributed by atoms with Crippen LogP contribution in [-0.2, 0) is 16.1 Å². The third-order valence-electron chi connectivity index (χ3n) is 4.97. The Morgan fingerprint density at radius 2 is 1.89 bits per heavy atom. The van der Waals surface area contributed by atoms with Gasteiger partial charge in [-0.05, 0) is 29.3 Å². The van der Waals surface area contributed by atoms with Crippen LogP contribution in [-0.4, -0.2) is 33.6 Å². The SMILES string of the molecule is CC(=O)N1C=Cc2ccccc2[C@H]1CC(=O)N(C)Cc1nc2ccccc2s1. The number of aromatic nitrogens is 1. The normalized spacial score (nSPS) is 15.5. The zero-order chi connectivity index (χ0) is 19.7. The van der Waals surface area contributed by atoms with Gasteiger partial charge >= 0.3 is 0 Å². The number of nitrogens with zero attached hydrogens (tertiary/aromatic N) is 3. The van der Waals surface area contributed by atoms with Crippen LogP contribution in [0.25, 0.3) is 16.3 Å². The maximum Gasteiger partial charge on any atom is 0.225 e. The Labute approximate surface area is 167 Å². The average molecular weight is 391 g/mol. The van der Waals surface area contributed by atoms with Crippen LogP contribution in [0.15, 0.2) is 54.7 Å². The van der Waals surface area contributed by atoms with Gasteiger partial charge < -0.3 is 9.80 Å². The van der Waals surface area contributed by atoms with E-state index in [4.69, 9.17) is 0 Å². The molecule has 0 fully saturated rings. The van der Waals surface area contributed by atoms with Crippen LogP contribution < -0.4 is 0 Å². The molecule has 4 rings (SSSR count). The van der Waals surface area contributed by atoms with Gasteiger partial charge in [-0.1, -0.05) is 36.4 Å². The first-order valence-electron chi connectivity index (χ1n) is 9.17. The van der Waals surface area contributed by atoms with Crippen molar-refractivity contribution in [3.8, 4) is 0 Å². The molecule has 6 heteroatoms. The van der Waals surface area contributed by atoms with Gasteiger partial charge in [-0.25, -0.2) is 4.98 Å². The van der Waals surface area contributed by atoms with Gasteiger partial charge in [0.1, 0.15) is 5.01 Å². The Hall–Kier alpha value is -2.99. The smallest absolute Gasteiger partial charge is 0.225 e. The Kier molecular flexibility index (Phi) is 4.96. The summed E-state index contributed by atoms with van der Waals surface area (Å²) in [5, 5.41) is 0.907. The molecule has 1 aliphatic rings. The summed E-state index contributed by atoms with van der Waals surface area (Å²) in [4.78, 5) is 33.0. The van der Waals surface area contributed by atoms with Crippen LogP contribution in [0.1, 0.15) is 35.5 Å². The molecule has 2 amide bonds. The minimum atomic E-state index is -0.288. The zero-order valence-corrected chi connectivity index (χ0v) is 16.6. The number of benzene rings is 2. The topological polar surface area (TPSA) is 53.5 Å². The highest BCUT2D eigenvalue weighted by molar-refractivity contribution is 7.18. The third-order valence-corrected chi connectivity index (χ3v) is 5.99. The Morgan fingerprint density at radius 3 is 2.68 bits per heavy atom. The number of hydrogen-bond acceptors (Lipinski definition) is 4. The number of rotatable bonds is 4. The molecule has 1 aliphatic heterocycles. The van der Waals surface area contributed by atoms with Crippen molar-refractivity contribution in [2.24, 2.45) is 0 Å². The van der Waals surface area contributed by atoms with Crippen molar-refractivity contribution in [2.45, 2.75) is 25.9 Å². The van der Waals surface area contributed by atoms with Crippen LogP contribution in [0.4, 0.5) is 0 Å². The molecule has 0 radical (unpaired) electrons. The number of carbonyl (C=O) groups excluding carboxylic acids is 2. The van der Waals surface area contributed by atoms with Crippen molar-refractivity contribution >= 4 is 39.4 Å². The molecule has 0 aliphatic carbocycles. The van der Waals surface area contributed by atoms with Crippen molar-refractivity contribution in [2.75, 3.05) is 7.05 Å². The number of carbonyl (C=O) groups is 2. The van der Waals surface area contributed by atoms with Gasteiger partial charge in [0.15, 0.2) is 0 Å². The fourth-order valence-electron chi connectivity index (χ4n) is 3.51. The second-order valence-electron chi connectivity index (χ2n) is 6.92. The Morgan fingerprint density at radius 1 is 1.14 bits per heavy atom. The van der Waals surface area contributed by atoms with Gasteiger partial charge in [-0.15, -0.1) is 11.3 Å². The van der Waals surface area contributed by atoms with E-state index in [9.17, 15) is 9.59 Å². The van der Waals surface area contributed by atoms with Crippen LogP contribution in [0, 0.1) is 0 Å². The summed E-state index contributed by atoms with van der Waals surface area (Å²) in [6.45, 7) is 1.99. The number of fused-ring (bicyclic) bond motifs is 2. The maximum absolute atomic E-state index is 12.9. The summed E-state index contributed by atoms with van der Waals surface area (Å²) in [6, 6.07) is 15.6. The second-order valence-corrected chi connectivity index (χ2v) is 8.03. The molecule has 28 heavy (non-hydrogen) atoms. The monoisotopic (exact) mass is 391 g/mol. The molecular formula is C22H21N3O2S. The minimum absolute atomic E-state index is 0.0133. The van der Waals surface area contributed by atoms with E-state index in [1.807, 2.05) is 54.6 Å². The number of amides is 2. The van der Waals surface area contributed by atoms with Gasteiger partial charge in [0.2, 0.25) is 11.8 Å². The summed E-state index contributed by atoms with van der Waals surface area (Å²) in [5.41, 5.74) is 3.01. The highest BCUT2D eigenvalue weighted by Gasteiger charge is 2.29. The van der Waals surface area contributed by atoms with E-state index in [0.717, 1.165) is 26.4 Å². The fourth-order valence-corrected chi connectivity index (χ4v) is 4.53. The second kappa shape index (κ2) is 7.56. The average Bonchev–Trinajstić information content (AvgIpc) is 3.10. The molecule has 142 valence electrons. The van der Waals surface area contributed by atoms with E-state index in [0.29, 0.717) is 6.54 Å². The molecule has 1 aromatic heterocycles. The predicted molar refractivity (Wildman–Crippen MR) is 111 cm³/mol. The molecular weight excluding hydrogens is 370 g/mol. The summed E-state index contributed by atoms with van der Waals surface area (Å²) in [6.07, 6.45) is 3.93. The molecule has 0 N–H and O–H groups in total. The van der Waals surface area contributed by atoms with E-state index in [1.54, 1.807) is 34.4 Å². The molecule has 0 spiro atoms. The van der Waals surface area contributed by atoms with Crippen molar-refractivity contribution in [3.05, 3.63) is 70.9 Å². The number of hydrogen-bond donors (Lipinski definition) is 0. The zero-order valence-electron chi connectivity index (χ0n) is 15.8. The number of para-hydroxylation sites is 1. The number of thiazole rings is 1. The summed E-state index contributed by atoms with van der Waals surface area (Å²) in [7, 11) is 1.79. The van der Waals surface area contributed by atoms with Crippen LogP contribution in [0.3, 0.4) is 0 Å². The lowest BCUT2D eigenvalue weighted by atomic mass is 9.93. The van der Waals surface area contributed by atoms with Crippen LogP contribution in [0.5, 0.6) is 0 Å². The van der Waals surface area contributed by atoms with E-state index in [-0.39, 0.29) is 24.3 Å². The largest absolute Gasteiger partial charge is 0.339 e. The van der Waals surface area contributed by atoms with E-state index >= 15 is 0 Å². The molecule has 3 aromatic rings. The molecule has 0 bridgehead atoms. The standard InChI is InChI=1S/C22H21N3O2S/c1-15(26)25-12-11-16-7-3-4-8-17(16)19(25)13-22(27)24(2)14-21-23-18-9-5-6-10-20(18)28-21/h3-12,19H,13-14H2,1-2H3/t19-/m1/s1. The van der Waals surface area contributed by atoms with E-state index in [2.05, 4.69) is 4.98 Å². The van der Waals surface area contributed by atoms with Crippen molar-refractivity contribution < 1.29 is 9.59 Å². The van der Waals surface area contributed by atoms with E-state index in [1.165, 1.54) is 6.92 Å². The van der Waals surface area contributed by atoms with Gasteiger partial charge in [0.25, 0.3) is 0 Å². The highest BCUT2D eigenvalue weighted by Crippen LogP contribution is 2.33. The van der Waals surface area contributed by atoms with Crippen molar-refractivity contribution in [1.29, 1.82) is 0 Å². The Bertz CT molecular complexity index is 1040. The quantitative estimate of drug-likeness (QED) is 0.669. The Balaban J connectivity index is 1.52. The summed E-state index contributed by atoms with van der Waals surface area (Å²) < 4.78 is 1.12. The first-order valence-corrected chi connectivity index (χ1v) is 9.99. The minimum Gasteiger partial charge on any atom is -0.339 e. The van der Waals surface area contributed by atoms with Crippen LogP contribution in [0.2, 0.25) is 0 Å². The molecule has 0 saturated carbocycles. The van der Waals surface area contributed by atoms with Crippen molar-refractivity contribution in [3.63, 3.8) is 0 Å². The van der Waals surface area contributed by atoms with E-state index < -0.39 is 0 Å². The first-order chi connectivity index (χ1) is 13.5. The van der Waals surface area contributed by atoms with Crippen LogP contribution >= 0.6 is 11.3 Å². The lowest BCUT2D eigenvalue weighted by Gasteiger charge is -2.33. The summed E-state index contributed by atoms with van der Waals surface area (Å²) >= 11 is 1.60. The molecule has 2 aromatic carbocycles. The van der Waals surface area contributed by atoms with Crippen molar-refractivity contribution in [1.82, 2.24) is 14.8 Å². The predicted octanol–water partition coefficient (Wildman–Crippen LogP) is 4.22. The molecule has 1 atom stereocenters. The fraction of sp³-hybridized carbons (Fsp3) is 0.227. The van der Waals surface area contributed by atoms with Gasteiger partial charge in [-0.2, -0.15) is 0 Å². The van der Waals surface area contributed by atoms with Gasteiger partial charge in [-0.3, -0.25) is 9.59 Å². The highest BCUT2D eigenvalue weighted by atomic mass is 32.1. The molecule has 2 heterocycles. The molecule has 0 unspecified atom stereocenters.